The summed E-state index contributed by atoms with van der Waals surface area (Å²) in [4.78, 5) is 0. The molecule has 0 amide bonds. The quantitative estimate of drug-likeness (QED) is 0.541. The van der Waals surface area contributed by atoms with E-state index in [0.717, 1.165) is 11.1 Å². The molecule has 0 bridgehead atoms. The SMILES string of the molecule is CP(C)Oc1ccc(OP(C)N)cc1P1(=O)Oc2ccccc2-c2ccccc21. The fourth-order valence-corrected chi connectivity index (χ4v) is 6.78. The topological polar surface area (TPSA) is 70.8 Å². The number of hydrogen-bond acceptors (Lipinski definition) is 5. The zero-order chi connectivity index (χ0) is 20.6. The Morgan fingerprint density at radius 1 is 0.862 bits per heavy atom. The summed E-state index contributed by atoms with van der Waals surface area (Å²) < 4.78 is 32.5. The van der Waals surface area contributed by atoms with Gasteiger partial charge in [-0.15, -0.1) is 0 Å². The van der Waals surface area contributed by atoms with Crippen LogP contribution in [0.1, 0.15) is 0 Å². The van der Waals surface area contributed by atoms with Crippen LogP contribution in [0.15, 0.2) is 66.7 Å². The number of rotatable bonds is 5. The molecule has 0 fully saturated rings. The Bertz CT molecular complexity index is 1100. The molecular weight excluding hydrogens is 423 g/mol. The van der Waals surface area contributed by atoms with E-state index in [9.17, 15) is 4.57 Å². The molecule has 1 aliphatic rings. The molecule has 1 heterocycles. The summed E-state index contributed by atoms with van der Waals surface area (Å²) in [5.74, 6) is 1.69. The Morgan fingerprint density at radius 2 is 1.55 bits per heavy atom. The van der Waals surface area contributed by atoms with Gasteiger partial charge in [-0.05, 0) is 49.2 Å². The summed E-state index contributed by atoms with van der Waals surface area (Å²) in [5.41, 5.74) is 7.69. The standard InChI is InChI=1S/C21H22NO4P3/c1-27(2)25-19-13-12-15(24-28(3)22)14-21(19)29(23)20-11-7-5-9-17(20)16-8-4-6-10-18(16)26-29/h4-14H,22H2,1-3H3. The summed E-state index contributed by atoms with van der Waals surface area (Å²) in [7, 11) is -5.31. The third-order valence-corrected chi connectivity index (χ3v) is 7.93. The molecule has 0 radical (unpaired) electrons. The fraction of sp³-hybridized carbons (Fsp3) is 0.143. The third-order valence-electron chi connectivity index (χ3n) is 4.40. The Kier molecular flexibility index (Phi) is 5.69. The fourth-order valence-electron chi connectivity index (χ4n) is 3.32. The van der Waals surface area contributed by atoms with Gasteiger partial charge in [-0.3, -0.25) is 10.1 Å². The Morgan fingerprint density at radius 3 is 2.28 bits per heavy atom. The maximum atomic E-state index is 14.5. The van der Waals surface area contributed by atoms with Crippen molar-refractivity contribution in [2.75, 3.05) is 20.0 Å². The molecule has 1 aliphatic heterocycles. The number of benzene rings is 3. The van der Waals surface area contributed by atoms with Crippen molar-refractivity contribution in [1.29, 1.82) is 0 Å². The van der Waals surface area contributed by atoms with Gasteiger partial charge in [0.2, 0.25) is 0 Å². The molecule has 8 heteroatoms. The maximum Gasteiger partial charge on any atom is 0.311 e. The van der Waals surface area contributed by atoms with E-state index in [4.69, 9.17) is 19.1 Å². The highest BCUT2D eigenvalue weighted by molar-refractivity contribution is 7.75. The Hall–Kier alpha value is -1.89. The lowest BCUT2D eigenvalue weighted by atomic mass is 10.0. The van der Waals surface area contributed by atoms with Gasteiger partial charge in [-0.1, -0.05) is 36.4 Å². The summed E-state index contributed by atoms with van der Waals surface area (Å²) in [6, 6.07) is 20.6. The Labute approximate surface area is 173 Å². The lowest BCUT2D eigenvalue weighted by Crippen LogP contribution is -2.26. The molecule has 2 N–H and O–H groups in total. The molecule has 150 valence electrons. The molecule has 0 saturated carbocycles. The van der Waals surface area contributed by atoms with Crippen molar-refractivity contribution in [2.45, 2.75) is 0 Å². The van der Waals surface area contributed by atoms with E-state index >= 15 is 0 Å². The molecule has 3 aromatic carbocycles. The summed E-state index contributed by atoms with van der Waals surface area (Å²) >= 11 is 0. The van der Waals surface area contributed by atoms with Crippen molar-refractivity contribution >= 4 is 34.4 Å². The van der Waals surface area contributed by atoms with Crippen LogP contribution in [0.2, 0.25) is 0 Å². The molecule has 5 nitrogen and oxygen atoms in total. The average molecular weight is 445 g/mol. The molecule has 2 atom stereocenters. The van der Waals surface area contributed by atoms with Crippen molar-refractivity contribution in [2.24, 2.45) is 5.50 Å². The van der Waals surface area contributed by atoms with Crippen molar-refractivity contribution < 1.29 is 18.1 Å². The maximum absolute atomic E-state index is 14.5. The van der Waals surface area contributed by atoms with Gasteiger partial charge in [0.1, 0.15) is 17.2 Å². The number of nitrogens with two attached hydrogens (primary N) is 1. The second kappa shape index (κ2) is 8.09. The largest absolute Gasteiger partial charge is 0.474 e. The number of para-hydroxylation sites is 1. The predicted molar refractivity (Wildman–Crippen MR) is 123 cm³/mol. The van der Waals surface area contributed by atoms with Crippen LogP contribution in [0.4, 0.5) is 0 Å². The third kappa shape index (κ3) is 3.93. The number of hydrogen-bond donors (Lipinski definition) is 1. The van der Waals surface area contributed by atoms with E-state index in [1.54, 1.807) is 18.2 Å². The van der Waals surface area contributed by atoms with Crippen LogP contribution in [0.3, 0.4) is 0 Å². The molecule has 0 aliphatic carbocycles. The van der Waals surface area contributed by atoms with Gasteiger partial charge in [0.05, 0.1) is 18.8 Å². The molecule has 0 spiro atoms. The second-order valence-electron chi connectivity index (χ2n) is 6.83. The van der Waals surface area contributed by atoms with E-state index in [1.165, 1.54) is 0 Å². The molecule has 3 aromatic rings. The minimum absolute atomic E-state index is 0.491. The zero-order valence-corrected chi connectivity index (χ0v) is 19.1. The van der Waals surface area contributed by atoms with Gasteiger partial charge in [0, 0.05) is 12.2 Å². The average Bonchev–Trinajstić information content (AvgIpc) is 2.68. The monoisotopic (exact) mass is 445 g/mol. The molecule has 2 unspecified atom stereocenters. The van der Waals surface area contributed by atoms with Crippen LogP contribution in [0.25, 0.3) is 11.1 Å². The first kappa shape index (κ1) is 20.4. The van der Waals surface area contributed by atoms with Gasteiger partial charge in [-0.25, -0.2) is 0 Å². The van der Waals surface area contributed by atoms with Gasteiger partial charge in [-0.2, -0.15) is 0 Å². The molecule has 0 saturated heterocycles. The summed E-state index contributed by atoms with van der Waals surface area (Å²) in [6.07, 6.45) is 0. The van der Waals surface area contributed by atoms with Crippen molar-refractivity contribution in [3.05, 3.63) is 66.7 Å². The first-order valence-electron chi connectivity index (χ1n) is 9.03. The zero-order valence-electron chi connectivity index (χ0n) is 16.4. The first-order chi connectivity index (χ1) is 13.9. The molecule has 4 rings (SSSR count). The van der Waals surface area contributed by atoms with Crippen LogP contribution in [0, 0.1) is 0 Å². The van der Waals surface area contributed by atoms with Gasteiger partial charge in [0.15, 0.2) is 8.30 Å². The number of fused-ring (bicyclic) bond motifs is 3. The van der Waals surface area contributed by atoms with Crippen LogP contribution >= 0.6 is 23.8 Å². The minimum Gasteiger partial charge on any atom is -0.474 e. The van der Waals surface area contributed by atoms with E-state index in [2.05, 4.69) is 0 Å². The van der Waals surface area contributed by atoms with Crippen molar-refractivity contribution in [3.63, 3.8) is 0 Å². The van der Waals surface area contributed by atoms with E-state index in [0.29, 0.717) is 27.9 Å². The highest BCUT2D eigenvalue weighted by Gasteiger charge is 2.40. The summed E-state index contributed by atoms with van der Waals surface area (Å²) in [5, 5.41) is 1.15. The van der Waals surface area contributed by atoms with Gasteiger partial charge >= 0.3 is 7.37 Å². The molecule has 29 heavy (non-hydrogen) atoms. The molecule has 0 aromatic heterocycles. The lowest BCUT2D eigenvalue weighted by molar-refractivity contribution is 0.500. The smallest absolute Gasteiger partial charge is 0.311 e. The van der Waals surface area contributed by atoms with Crippen LogP contribution in [0.5, 0.6) is 17.2 Å². The first-order valence-corrected chi connectivity index (χ1v) is 14.6. The lowest BCUT2D eigenvalue weighted by Gasteiger charge is -2.30. The van der Waals surface area contributed by atoms with Gasteiger partial charge in [0.25, 0.3) is 0 Å². The second-order valence-corrected chi connectivity index (χ2v) is 12.2. The highest BCUT2D eigenvalue weighted by Crippen LogP contribution is 2.56. The predicted octanol–water partition coefficient (Wildman–Crippen LogP) is 5.29. The van der Waals surface area contributed by atoms with E-state index < -0.39 is 23.8 Å². The van der Waals surface area contributed by atoms with E-state index in [-0.39, 0.29) is 0 Å². The van der Waals surface area contributed by atoms with Crippen LogP contribution in [-0.4, -0.2) is 20.0 Å². The highest BCUT2D eigenvalue weighted by atomic mass is 31.2. The summed E-state index contributed by atoms with van der Waals surface area (Å²) in [6.45, 7) is 5.80. The van der Waals surface area contributed by atoms with Crippen LogP contribution in [-0.2, 0) is 4.57 Å². The van der Waals surface area contributed by atoms with Crippen LogP contribution < -0.4 is 29.7 Å². The van der Waals surface area contributed by atoms with Crippen molar-refractivity contribution in [3.8, 4) is 28.4 Å². The molecular formula is C21H22NO4P3. The normalized spacial score (nSPS) is 18.4. The minimum atomic E-state index is -3.48. The van der Waals surface area contributed by atoms with E-state index in [1.807, 2.05) is 68.5 Å². The van der Waals surface area contributed by atoms with Crippen molar-refractivity contribution in [1.82, 2.24) is 0 Å². The van der Waals surface area contributed by atoms with Gasteiger partial charge < -0.3 is 13.6 Å². The Balaban J connectivity index is 1.94.